The minimum atomic E-state index is -0.295. The Labute approximate surface area is 211 Å². The molecule has 0 aliphatic carbocycles. The van der Waals surface area contributed by atoms with E-state index in [-0.39, 0.29) is 36.6 Å². The number of aryl methyl sites for hydroxylation is 2. The predicted molar refractivity (Wildman–Crippen MR) is 138 cm³/mol. The third-order valence-electron chi connectivity index (χ3n) is 6.52. The molecule has 0 fully saturated rings. The van der Waals surface area contributed by atoms with Crippen molar-refractivity contribution in [3.63, 3.8) is 0 Å². The number of fused-ring (bicyclic) bond motifs is 1. The SMILES string of the molecule is C[C@@H](CCc1ccccc1)NC(=O)CCC(=O)N1CCc2c(c(C(=O)Nc3ccccc3)nn2C)C1. The van der Waals surface area contributed by atoms with Crippen LogP contribution in [-0.4, -0.2) is 45.0 Å². The van der Waals surface area contributed by atoms with Crippen molar-refractivity contribution in [2.45, 2.75) is 51.6 Å². The van der Waals surface area contributed by atoms with Crippen molar-refractivity contribution in [3.8, 4) is 0 Å². The normalized spacial score (nSPS) is 13.6. The first-order valence-corrected chi connectivity index (χ1v) is 12.4. The highest BCUT2D eigenvalue weighted by atomic mass is 16.2. The number of benzene rings is 2. The fourth-order valence-corrected chi connectivity index (χ4v) is 4.53. The van der Waals surface area contributed by atoms with Gasteiger partial charge in [-0.2, -0.15) is 5.10 Å². The van der Waals surface area contributed by atoms with Crippen LogP contribution in [0.15, 0.2) is 60.7 Å². The molecule has 1 aromatic heterocycles. The third-order valence-corrected chi connectivity index (χ3v) is 6.52. The van der Waals surface area contributed by atoms with Crippen molar-refractivity contribution in [2.75, 3.05) is 11.9 Å². The molecule has 4 rings (SSSR count). The molecule has 2 aromatic carbocycles. The molecule has 188 valence electrons. The summed E-state index contributed by atoms with van der Waals surface area (Å²) in [4.78, 5) is 39.9. The standard InChI is InChI=1S/C28H33N5O3/c1-20(13-14-21-9-5-3-6-10-21)29-25(34)15-16-26(35)33-18-17-24-23(19-33)27(31-32(24)2)28(36)30-22-11-7-4-8-12-22/h3-12,20H,13-19H2,1-2H3,(H,29,34)(H,30,36)/t20-/m0/s1. The second-order valence-corrected chi connectivity index (χ2v) is 9.28. The summed E-state index contributed by atoms with van der Waals surface area (Å²) in [5, 5.41) is 10.3. The summed E-state index contributed by atoms with van der Waals surface area (Å²) in [6.45, 7) is 2.84. The van der Waals surface area contributed by atoms with Crippen molar-refractivity contribution in [1.82, 2.24) is 20.0 Å². The van der Waals surface area contributed by atoms with Crippen molar-refractivity contribution in [3.05, 3.63) is 83.2 Å². The number of hydrogen-bond donors (Lipinski definition) is 2. The molecular weight excluding hydrogens is 454 g/mol. The maximum Gasteiger partial charge on any atom is 0.276 e. The van der Waals surface area contributed by atoms with E-state index in [1.165, 1.54) is 5.56 Å². The summed E-state index contributed by atoms with van der Waals surface area (Å²) in [6, 6.07) is 19.4. The van der Waals surface area contributed by atoms with Gasteiger partial charge in [-0.25, -0.2) is 0 Å². The molecule has 0 spiro atoms. The van der Waals surface area contributed by atoms with Crippen LogP contribution in [0.25, 0.3) is 0 Å². The summed E-state index contributed by atoms with van der Waals surface area (Å²) >= 11 is 0. The Kier molecular flexibility index (Phi) is 8.15. The highest BCUT2D eigenvalue weighted by Crippen LogP contribution is 2.24. The summed E-state index contributed by atoms with van der Waals surface area (Å²) in [5.41, 5.74) is 3.99. The first kappa shape index (κ1) is 25.2. The van der Waals surface area contributed by atoms with Gasteiger partial charge in [0.25, 0.3) is 5.91 Å². The number of carbonyl (C=O) groups is 3. The van der Waals surface area contributed by atoms with Gasteiger partial charge in [-0.3, -0.25) is 19.1 Å². The second kappa shape index (κ2) is 11.7. The lowest BCUT2D eigenvalue weighted by molar-refractivity contribution is -0.134. The largest absolute Gasteiger partial charge is 0.354 e. The average Bonchev–Trinajstić information content (AvgIpc) is 3.23. The molecular formula is C28H33N5O3. The molecule has 8 nitrogen and oxygen atoms in total. The van der Waals surface area contributed by atoms with Crippen molar-refractivity contribution >= 4 is 23.4 Å². The zero-order valence-corrected chi connectivity index (χ0v) is 20.9. The van der Waals surface area contributed by atoms with E-state index in [0.717, 1.165) is 24.1 Å². The van der Waals surface area contributed by atoms with E-state index in [1.54, 1.807) is 9.58 Å². The number of anilines is 1. The van der Waals surface area contributed by atoms with Crippen molar-refractivity contribution in [1.29, 1.82) is 0 Å². The smallest absolute Gasteiger partial charge is 0.276 e. The Balaban J connectivity index is 1.28. The fourth-order valence-electron chi connectivity index (χ4n) is 4.53. The maximum atomic E-state index is 12.9. The minimum absolute atomic E-state index is 0.0337. The summed E-state index contributed by atoms with van der Waals surface area (Å²) < 4.78 is 1.72. The monoisotopic (exact) mass is 487 g/mol. The Morgan fingerprint density at radius 1 is 1.00 bits per heavy atom. The van der Waals surface area contributed by atoms with Crippen LogP contribution in [0.4, 0.5) is 5.69 Å². The van der Waals surface area contributed by atoms with Gasteiger partial charge in [0.15, 0.2) is 5.69 Å². The molecule has 0 radical (unpaired) electrons. The summed E-state index contributed by atoms with van der Waals surface area (Å²) in [7, 11) is 1.82. The van der Waals surface area contributed by atoms with Gasteiger partial charge in [0, 0.05) is 62.4 Å². The minimum Gasteiger partial charge on any atom is -0.354 e. The molecule has 0 saturated carbocycles. The first-order valence-electron chi connectivity index (χ1n) is 12.4. The molecule has 3 amide bonds. The average molecular weight is 488 g/mol. The predicted octanol–water partition coefficient (Wildman–Crippen LogP) is 3.47. The second-order valence-electron chi connectivity index (χ2n) is 9.28. The Morgan fingerprint density at radius 3 is 2.42 bits per heavy atom. The number of amides is 3. The number of nitrogens with one attached hydrogen (secondary N) is 2. The van der Waals surface area contributed by atoms with Crippen LogP contribution in [0.3, 0.4) is 0 Å². The molecule has 36 heavy (non-hydrogen) atoms. The topological polar surface area (TPSA) is 96.3 Å². The summed E-state index contributed by atoms with van der Waals surface area (Å²) in [6.07, 6.45) is 2.63. The zero-order chi connectivity index (χ0) is 25.5. The van der Waals surface area contributed by atoms with Crippen molar-refractivity contribution in [2.24, 2.45) is 7.05 Å². The van der Waals surface area contributed by atoms with Gasteiger partial charge in [-0.05, 0) is 37.5 Å². The van der Waals surface area contributed by atoms with Crippen LogP contribution < -0.4 is 10.6 Å². The van der Waals surface area contributed by atoms with Gasteiger partial charge in [-0.1, -0.05) is 48.5 Å². The van der Waals surface area contributed by atoms with E-state index in [0.29, 0.717) is 30.9 Å². The number of para-hydroxylation sites is 1. The van der Waals surface area contributed by atoms with Gasteiger partial charge in [0.05, 0.1) is 0 Å². The third kappa shape index (κ3) is 6.38. The van der Waals surface area contributed by atoms with Gasteiger partial charge in [-0.15, -0.1) is 0 Å². The molecule has 2 heterocycles. The van der Waals surface area contributed by atoms with Gasteiger partial charge < -0.3 is 15.5 Å². The molecule has 1 aliphatic rings. The molecule has 1 atom stereocenters. The van der Waals surface area contributed by atoms with E-state index < -0.39 is 0 Å². The van der Waals surface area contributed by atoms with Crippen LogP contribution in [-0.2, 0) is 36.0 Å². The molecule has 8 heteroatoms. The quantitative estimate of drug-likeness (QED) is 0.483. The molecule has 3 aromatic rings. The molecule has 2 N–H and O–H groups in total. The van der Waals surface area contributed by atoms with Gasteiger partial charge in [0.2, 0.25) is 11.8 Å². The summed E-state index contributed by atoms with van der Waals surface area (Å²) in [5.74, 6) is -0.506. The van der Waals surface area contributed by atoms with Crippen LogP contribution in [0.2, 0.25) is 0 Å². The van der Waals surface area contributed by atoms with Crippen molar-refractivity contribution < 1.29 is 14.4 Å². The Morgan fingerprint density at radius 2 is 1.69 bits per heavy atom. The fraction of sp³-hybridized carbons (Fsp3) is 0.357. The molecule has 0 saturated heterocycles. The number of carbonyl (C=O) groups excluding carboxylic acids is 3. The molecule has 0 unspecified atom stereocenters. The van der Waals surface area contributed by atoms with Gasteiger partial charge in [0.1, 0.15) is 0 Å². The van der Waals surface area contributed by atoms with Gasteiger partial charge >= 0.3 is 0 Å². The first-order chi connectivity index (χ1) is 17.4. The van der Waals surface area contributed by atoms with Crippen LogP contribution in [0.1, 0.15) is 53.5 Å². The zero-order valence-electron chi connectivity index (χ0n) is 20.9. The van der Waals surface area contributed by atoms with E-state index in [9.17, 15) is 14.4 Å². The number of hydrogen-bond acceptors (Lipinski definition) is 4. The van der Waals surface area contributed by atoms with E-state index in [4.69, 9.17) is 0 Å². The Hall–Kier alpha value is -3.94. The van der Waals surface area contributed by atoms with Crippen LogP contribution in [0.5, 0.6) is 0 Å². The number of rotatable bonds is 9. The van der Waals surface area contributed by atoms with Crippen LogP contribution in [0, 0.1) is 0 Å². The number of nitrogens with zero attached hydrogens (tertiary/aromatic N) is 3. The van der Waals surface area contributed by atoms with E-state index >= 15 is 0 Å². The maximum absolute atomic E-state index is 12.9. The van der Waals surface area contributed by atoms with E-state index in [1.807, 2.05) is 62.5 Å². The lowest BCUT2D eigenvalue weighted by atomic mass is 10.0. The lowest BCUT2D eigenvalue weighted by Gasteiger charge is -2.27. The number of aromatic nitrogens is 2. The highest BCUT2D eigenvalue weighted by Gasteiger charge is 2.29. The lowest BCUT2D eigenvalue weighted by Crippen LogP contribution is -2.38. The van der Waals surface area contributed by atoms with Crippen LogP contribution >= 0.6 is 0 Å². The highest BCUT2D eigenvalue weighted by molar-refractivity contribution is 6.04. The Bertz CT molecular complexity index is 1210. The molecule has 1 aliphatic heterocycles. The van der Waals surface area contributed by atoms with E-state index in [2.05, 4.69) is 27.9 Å². The molecule has 0 bridgehead atoms.